The summed E-state index contributed by atoms with van der Waals surface area (Å²) in [6.07, 6.45) is 3.33. The lowest BCUT2D eigenvalue weighted by atomic mass is 9.76. The van der Waals surface area contributed by atoms with Gasteiger partial charge in [0.25, 0.3) is 0 Å². The van der Waals surface area contributed by atoms with Gasteiger partial charge < -0.3 is 0 Å². The van der Waals surface area contributed by atoms with Crippen molar-refractivity contribution < 1.29 is 9.59 Å². The first-order chi connectivity index (χ1) is 13.5. The lowest BCUT2D eigenvalue weighted by Gasteiger charge is -2.29. The highest BCUT2D eigenvalue weighted by Gasteiger charge is 2.37. The molecule has 0 spiro atoms. The van der Waals surface area contributed by atoms with Crippen molar-refractivity contribution in [3.8, 4) is 6.07 Å². The number of carbonyl (C=O) groups excluding carboxylic acids is 2. The molecular weight excluding hydrogens is 370 g/mol. The van der Waals surface area contributed by atoms with Gasteiger partial charge >= 0.3 is 0 Å². The topological polar surface area (TPSA) is 83.2 Å². The van der Waals surface area contributed by atoms with E-state index in [1.165, 1.54) is 18.7 Å². The van der Waals surface area contributed by atoms with Crippen molar-refractivity contribution in [1.82, 2.24) is 4.98 Å². The van der Waals surface area contributed by atoms with E-state index in [1.54, 1.807) is 37.5 Å². The molecule has 1 aromatic heterocycles. The smallest absolute Gasteiger partial charge is 0.173 e. The van der Waals surface area contributed by atoms with Gasteiger partial charge in [0.05, 0.1) is 23.3 Å². The number of thioether (sulfide) groups is 1. The summed E-state index contributed by atoms with van der Waals surface area (Å²) in [4.78, 5) is 33.4. The molecule has 5 nitrogen and oxygen atoms in total. The standard InChI is InChI=1S/C22H19N3O2S/c1-14-20(15(2)26)21(17-9-6-10-24-12-17)18(11-23)22(25-14)28-13-19(27)16-7-4-3-5-8-16/h3-10,12,20-21H,13H2,1-2H3/t20?,21-/m1/s1. The van der Waals surface area contributed by atoms with Gasteiger partial charge in [-0.25, -0.2) is 4.99 Å². The second kappa shape index (κ2) is 8.77. The predicted molar refractivity (Wildman–Crippen MR) is 110 cm³/mol. The van der Waals surface area contributed by atoms with Crippen LogP contribution in [0.1, 0.15) is 35.7 Å². The van der Waals surface area contributed by atoms with E-state index in [4.69, 9.17) is 0 Å². The number of hydrogen-bond acceptors (Lipinski definition) is 6. The van der Waals surface area contributed by atoms with Gasteiger partial charge in [-0.1, -0.05) is 48.2 Å². The van der Waals surface area contributed by atoms with Crippen LogP contribution in [-0.2, 0) is 4.79 Å². The highest BCUT2D eigenvalue weighted by atomic mass is 32.2. The Morgan fingerprint density at radius 2 is 1.93 bits per heavy atom. The predicted octanol–water partition coefficient (Wildman–Crippen LogP) is 4.20. The molecule has 0 amide bonds. The van der Waals surface area contributed by atoms with Crippen LogP contribution in [0.4, 0.5) is 0 Å². The molecule has 140 valence electrons. The molecule has 0 aliphatic carbocycles. The van der Waals surface area contributed by atoms with E-state index < -0.39 is 11.8 Å². The average molecular weight is 389 g/mol. The summed E-state index contributed by atoms with van der Waals surface area (Å²) in [6, 6.07) is 14.9. The molecule has 3 rings (SSSR count). The molecule has 28 heavy (non-hydrogen) atoms. The highest BCUT2D eigenvalue weighted by Crippen LogP contribution is 2.41. The summed E-state index contributed by atoms with van der Waals surface area (Å²) >= 11 is 1.24. The molecule has 2 heterocycles. The average Bonchev–Trinajstić information content (AvgIpc) is 2.72. The van der Waals surface area contributed by atoms with Gasteiger partial charge in [0, 0.05) is 29.6 Å². The molecule has 1 aliphatic heterocycles. The Kier molecular flexibility index (Phi) is 6.17. The quantitative estimate of drug-likeness (QED) is 0.692. The van der Waals surface area contributed by atoms with Crippen molar-refractivity contribution >= 4 is 29.0 Å². The zero-order valence-corrected chi connectivity index (χ0v) is 16.4. The van der Waals surface area contributed by atoms with Crippen molar-refractivity contribution in [2.75, 3.05) is 5.75 Å². The number of ketones is 2. The Hall–Kier alpha value is -3.04. The number of rotatable bonds is 6. The summed E-state index contributed by atoms with van der Waals surface area (Å²) < 4.78 is 0. The fraction of sp³-hybridized carbons (Fsp3) is 0.227. The molecule has 0 bridgehead atoms. The van der Waals surface area contributed by atoms with Gasteiger partial charge in [0.15, 0.2) is 5.78 Å². The molecule has 0 saturated carbocycles. The maximum Gasteiger partial charge on any atom is 0.173 e. The first-order valence-corrected chi connectivity index (χ1v) is 9.82. The van der Waals surface area contributed by atoms with Crippen LogP contribution < -0.4 is 0 Å². The van der Waals surface area contributed by atoms with Crippen molar-refractivity contribution in [2.24, 2.45) is 10.9 Å². The van der Waals surface area contributed by atoms with E-state index in [-0.39, 0.29) is 17.3 Å². The first kappa shape index (κ1) is 19.7. The van der Waals surface area contributed by atoms with E-state index in [9.17, 15) is 14.9 Å². The van der Waals surface area contributed by atoms with E-state index in [1.807, 2.05) is 24.3 Å². The number of nitriles is 1. The second-order valence-electron chi connectivity index (χ2n) is 6.51. The minimum atomic E-state index is -0.506. The van der Waals surface area contributed by atoms with Crippen molar-refractivity contribution in [3.63, 3.8) is 0 Å². The van der Waals surface area contributed by atoms with Crippen LogP contribution in [0.15, 0.2) is 70.5 Å². The highest BCUT2D eigenvalue weighted by molar-refractivity contribution is 8.03. The third-order valence-corrected chi connectivity index (χ3v) is 5.63. The number of aromatic nitrogens is 1. The van der Waals surface area contributed by atoms with E-state index >= 15 is 0 Å². The number of pyridine rings is 1. The van der Waals surface area contributed by atoms with Gasteiger partial charge in [0.1, 0.15) is 10.8 Å². The number of carbonyl (C=O) groups is 2. The van der Waals surface area contributed by atoms with E-state index in [2.05, 4.69) is 16.0 Å². The van der Waals surface area contributed by atoms with Crippen LogP contribution in [0, 0.1) is 17.2 Å². The minimum absolute atomic E-state index is 0.0325. The van der Waals surface area contributed by atoms with Crippen molar-refractivity contribution in [3.05, 3.63) is 76.6 Å². The van der Waals surface area contributed by atoms with Gasteiger partial charge in [-0.15, -0.1) is 0 Å². The Morgan fingerprint density at radius 1 is 1.18 bits per heavy atom. The van der Waals surface area contributed by atoms with Gasteiger partial charge in [0.2, 0.25) is 0 Å². The van der Waals surface area contributed by atoms with E-state index in [0.717, 1.165) is 5.56 Å². The number of allylic oxidation sites excluding steroid dienone is 1. The van der Waals surface area contributed by atoms with Crippen LogP contribution >= 0.6 is 11.8 Å². The molecule has 1 aromatic carbocycles. The van der Waals surface area contributed by atoms with Gasteiger partial charge in [-0.2, -0.15) is 5.26 Å². The van der Waals surface area contributed by atoms with Gasteiger partial charge in [-0.3, -0.25) is 14.6 Å². The Bertz CT molecular complexity index is 991. The number of hydrogen-bond donors (Lipinski definition) is 0. The van der Waals surface area contributed by atoms with Crippen LogP contribution in [0.25, 0.3) is 0 Å². The molecule has 0 fully saturated rings. The number of aliphatic imine (C=N–C) groups is 1. The maximum absolute atomic E-state index is 12.4. The van der Waals surface area contributed by atoms with Crippen LogP contribution in [0.3, 0.4) is 0 Å². The number of benzene rings is 1. The second-order valence-corrected chi connectivity index (χ2v) is 7.48. The largest absolute Gasteiger partial charge is 0.299 e. The van der Waals surface area contributed by atoms with Crippen LogP contribution in [-0.4, -0.2) is 28.0 Å². The molecule has 1 unspecified atom stereocenters. The summed E-state index contributed by atoms with van der Waals surface area (Å²) in [5.41, 5.74) is 2.47. The first-order valence-electron chi connectivity index (χ1n) is 8.83. The Balaban J connectivity index is 1.95. The summed E-state index contributed by atoms with van der Waals surface area (Å²) in [5.74, 6) is -0.857. The van der Waals surface area contributed by atoms with Crippen molar-refractivity contribution in [2.45, 2.75) is 19.8 Å². The normalized spacial score (nSPS) is 19.0. The molecule has 2 aromatic rings. The Labute approximate surface area is 168 Å². The maximum atomic E-state index is 12.4. The van der Waals surface area contributed by atoms with Crippen molar-refractivity contribution in [1.29, 1.82) is 5.26 Å². The third-order valence-electron chi connectivity index (χ3n) is 4.64. The molecule has 1 aliphatic rings. The molecule has 0 saturated heterocycles. The fourth-order valence-corrected chi connectivity index (χ4v) is 4.32. The zero-order valence-electron chi connectivity index (χ0n) is 15.6. The summed E-state index contributed by atoms with van der Waals surface area (Å²) in [7, 11) is 0. The molecule has 6 heteroatoms. The lowest BCUT2D eigenvalue weighted by Crippen LogP contribution is -2.31. The third kappa shape index (κ3) is 4.10. The number of nitrogens with zero attached hydrogens (tertiary/aromatic N) is 3. The SMILES string of the molecule is CC(=O)C1C(C)=NC(SCC(=O)c2ccccc2)=C(C#N)[C@H]1c1cccnc1. The van der Waals surface area contributed by atoms with Crippen LogP contribution in [0.2, 0.25) is 0 Å². The minimum Gasteiger partial charge on any atom is -0.299 e. The molecule has 0 radical (unpaired) electrons. The molecule has 0 N–H and O–H groups in total. The lowest BCUT2D eigenvalue weighted by molar-refractivity contribution is -0.119. The number of Topliss-reactive ketones (excluding diaryl/α,β-unsaturated/α-hetero) is 2. The zero-order chi connectivity index (χ0) is 20.1. The Morgan fingerprint density at radius 3 is 2.54 bits per heavy atom. The van der Waals surface area contributed by atoms with Crippen LogP contribution in [0.5, 0.6) is 0 Å². The van der Waals surface area contributed by atoms with Gasteiger partial charge in [-0.05, 0) is 25.5 Å². The molecular formula is C22H19N3O2S. The fourth-order valence-electron chi connectivity index (χ4n) is 3.35. The monoisotopic (exact) mass is 389 g/mol. The molecule has 2 atom stereocenters. The summed E-state index contributed by atoms with van der Waals surface area (Å²) in [6.45, 7) is 3.31. The summed E-state index contributed by atoms with van der Waals surface area (Å²) in [5, 5.41) is 10.4. The van der Waals surface area contributed by atoms with E-state index in [0.29, 0.717) is 21.9 Å².